The van der Waals surface area contributed by atoms with E-state index < -0.39 is 0 Å². The molecule has 20 heavy (non-hydrogen) atoms. The molecular weight excluding hydrogens is 282 g/mol. The van der Waals surface area contributed by atoms with Gasteiger partial charge in [-0.15, -0.1) is 11.6 Å². The van der Waals surface area contributed by atoms with Gasteiger partial charge in [-0.2, -0.15) is 0 Å². The smallest absolute Gasteiger partial charge is 0.129 e. The third-order valence-corrected chi connectivity index (χ3v) is 3.45. The van der Waals surface area contributed by atoms with E-state index in [9.17, 15) is 8.78 Å². The van der Waals surface area contributed by atoms with Gasteiger partial charge in [0.15, 0.2) is 0 Å². The largest absolute Gasteiger partial charge is 0.295 e. The highest BCUT2D eigenvalue weighted by molar-refractivity contribution is 6.17. The number of nitrogens with zero attached hydrogens (tertiary/aromatic N) is 2. The lowest BCUT2D eigenvalue weighted by Gasteiger charge is -2.08. The molecule has 1 aromatic heterocycles. The molecule has 0 saturated heterocycles. The van der Waals surface area contributed by atoms with Gasteiger partial charge < -0.3 is 0 Å². The average Bonchev–Trinajstić information content (AvgIpc) is 2.78. The first-order chi connectivity index (χ1) is 9.60. The fraction of sp³-hybridized carbons (Fsp3) is 0.133. The van der Waals surface area contributed by atoms with Gasteiger partial charge in [-0.25, -0.2) is 13.8 Å². The summed E-state index contributed by atoms with van der Waals surface area (Å²) in [4.78, 5) is 4.33. The zero-order valence-corrected chi connectivity index (χ0v) is 11.5. The van der Waals surface area contributed by atoms with Crippen molar-refractivity contribution < 1.29 is 8.78 Å². The van der Waals surface area contributed by atoms with Gasteiger partial charge >= 0.3 is 0 Å². The van der Waals surface area contributed by atoms with Gasteiger partial charge in [0.05, 0.1) is 16.9 Å². The first kappa shape index (κ1) is 13.1. The van der Waals surface area contributed by atoms with Crippen molar-refractivity contribution >= 4 is 22.6 Å². The fourth-order valence-corrected chi connectivity index (χ4v) is 2.40. The summed E-state index contributed by atoms with van der Waals surface area (Å²) >= 11 is 5.91. The molecule has 0 bridgehead atoms. The second kappa shape index (κ2) is 4.87. The number of fused-ring (bicyclic) bond motifs is 1. The summed E-state index contributed by atoms with van der Waals surface area (Å²) in [7, 11) is 0. The van der Waals surface area contributed by atoms with Gasteiger partial charge in [0, 0.05) is 11.8 Å². The van der Waals surface area contributed by atoms with E-state index in [1.54, 1.807) is 25.1 Å². The topological polar surface area (TPSA) is 17.8 Å². The molecule has 0 atom stereocenters. The van der Waals surface area contributed by atoms with Crippen molar-refractivity contribution in [2.24, 2.45) is 0 Å². The summed E-state index contributed by atoms with van der Waals surface area (Å²) in [6, 6.07) is 9.14. The predicted octanol–water partition coefficient (Wildman–Crippen LogP) is 4.35. The molecule has 3 rings (SSSR count). The van der Waals surface area contributed by atoms with E-state index in [4.69, 9.17) is 11.6 Å². The molecule has 0 saturated carbocycles. The molecular formula is C15H11ClF2N2. The van der Waals surface area contributed by atoms with Crippen molar-refractivity contribution in [1.29, 1.82) is 0 Å². The monoisotopic (exact) mass is 292 g/mol. The number of alkyl halides is 1. The number of imidazole rings is 1. The number of aryl methyl sites for hydroxylation is 1. The third kappa shape index (κ3) is 2.06. The minimum Gasteiger partial charge on any atom is -0.295 e. The minimum atomic E-state index is -0.312. The van der Waals surface area contributed by atoms with Crippen molar-refractivity contribution in [3.05, 3.63) is 59.4 Å². The Kier molecular flexibility index (Phi) is 3.18. The molecule has 0 aliphatic carbocycles. The Hall–Kier alpha value is -1.94. The highest BCUT2D eigenvalue weighted by Crippen LogP contribution is 2.25. The molecule has 2 nitrogen and oxygen atoms in total. The lowest BCUT2D eigenvalue weighted by Crippen LogP contribution is -1.99. The van der Waals surface area contributed by atoms with Crippen LogP contribution < -0.4 is 0 Å². The zero-order valence-electron chi connectivity index (χ0n) is 10.7. The van der Waals surface area contributed by atoms with Gasteiger partial charge in [-0.05, 0) is 42.8 Å². The van der Waals surface area contributed by atoms with Crippen LogP contribution in [0, 0.1) is 18.6 Å². The van der Waals surface area contributed by atoms with Crippen LogP contribution in [0.1, 0.15) is 11.4 Å². The Morgan fingerprint density at radius 1 is 1.15 bits per heavy atom. The summed E-state index contributed by atoms with van der Waals surface area (Å²) < 4.78 is 28.5. The molecule has 102 valence electrons. The Morgan fingerprint density at radius 2 is 1.85 bits per heavy atom. The van der Waals surface area contributed by atoms with Crippen LogP contribution in [0.15, 0.2) is 36.4 Å². The Bertz CT molecular complexity index is 779. The third-order valence-electron chi connectivity index (χ3n) is 3.21. The van der Waals surface area contributed by atoms with Crippen molar-refractivity contribution in [3.8, 4) is 5.69 Å². The summed E-state index contributed by atoms with van der Waals surface area (Å²) in [5.41, 5.74) is 2.57. The maximum Gasteiger partial charge on any atom is 0.129 e. The van der Waals surface area contributed by atoms with E-state index in [1.807, 2.05) is 4.57 Å². The quantitative estimate of drug-likeness (QED) is 0.642. The van der Waals surface area contributed by atoms with Crippen molar-refractivity contribution in [2.45, 2.75) is 12.8 Å². The van der Waals surface area contributed by atoms with E-state index in [2.05, 4.69) is 4.98 Å². The summed E-state index contributed by atoms with van der Waals surface area (Å²) in [5.74, 6) is 0.167. The standard InChI is InChI=1S/C15H11ClF2N2/c1-9-6-14-13(7-12(9)18)19-15(8-16)20(14)11-4-2-10(17)3-5-11/h2-7H,8H2,1H3. The molecule has 0 radical (unpaired) electrons. The van der Waals surface area contributed by atoms with Crippen LogP contribution in [0.2, 0.25) is 0 Å². The van der Waals surface area contributed by atoms with Crippen LogP contribution in [-0.2, 0) is 5.88 Å². The molecule has 1 heterocycles. The van der Waals surface area contributed by atoms with E-state index in [0.717, 1.165) is 11.2 Å². The Balaban J connectivity index is 2.32. The summed E-state index contributed by atoms with van der Waals surface area (Å²) in [6.45, 7) is 1.69. The molecule has 2 aromatic carbocycles. The van der Waals surface area contributed by atoms with E-state index in [1.165, 1.54) is 18.2 Å². The molecule has 0 aliphatic rings. The molecule has 0 amide bonds. The Morgan fingerprint density at radius 3 is 2.50 bits per heavy atom. The highest BCUT2D eigenvalue weighted by Gasteiger charge is 2.13. The maximum absolute atomic E-state index is 13.6. The van der Waals surface area contributed by atoms with Crippen LogP contribution in [0.25, 0.3) is 16.7 Å². The first-order valence-electron chi connectivity index (χ1n) is 6.09. The molecule has 3 aromatic rings. The van der Waals surface area contributed by atoms with E-state index in [-0.39, 0.29) is 17.5 Å². The van der Waals surface area contributed by atoms with Gasteiger partial charge in [-0.1, -0.05) is 0 Å². The molecule has 0 spiro atoms. The molecule has 0 fully saturated rings. The molecule has 5 heteroatoms. The fourth-order valence-electron chi connectivity index (χ4n) is 2.22. The van der Waals surface area contributed by atoms with Crippen LogP contribution in [-0.4, -0.2) is 9.55 Å². The maximum atomic E-state index is 13.6. The minimum absolute atomic E-state index is 0.187. The highest BCUT2D eigenvalue weighted by atomic mass is 35.5. The van der Waals surface area contributed by atoms with Crippen LogP contribution in [0.5, 0.6) is 0 Å². The lowest BCUT2D eigenvalue weighted by molar-refractivity contribution is 0.620. The number of hydrogen-bond donors (Lipinski definition) is 0. The molecule has 0 N–H and O–H groups in total. The number of hydrogen-bond acceptors (Lipinski definition) is 1. The number of benzene rings is 2. The normalized spacial score (nSPS) is 11.2. The molecule has 0 unspecified atom stereocenters. The van der Waals surface area contributed by atoms with Crippen molar-refractivity contribution in [2.75, 3.05) is 0 Å². The first-order valence-corrected chi connectivity index (χ1v) is 6.63. The van der Waals surface area contributed by atoms with Crippen LogP contribution in [0.4, 0.5) is 8.78 Å². The average molecular weight is 293 g/mol. The predicted molar refractivity (Wildman–Crippen MR) is 75.3 cm³/mol. The lowest BCUT2D eigenvalue weighted by atomic mass is 10.2. The Labute approximate surface area is 119 Å². The zero-order chi connectivity index (χ0) is 14.3. The summed E-state index contributed by atoms with van der Waals surface area (Å²) in [6.07, 6.45) is 0. The van der Waals surface area contributed by atoms with Gasteiger partial charge in [0.2, 0.25) is 0 Å². The second-order valence-corrected chi connectivity index (χ2v) is 4.83. The van der Waals surface area contributed by atoms with Gasteiger partial charge in [0.25, 0.3) is 0 Å². The molecule has 0 aliphatic heterocycles. The van der Waals surface area contributed by atoms with Gasteiger partial charge in [-0.3, -0.25) is 4.57 Å². The van der Waals surface area contributed by atoms with Crippen LogP contribution in [0.3, 0.4) is 0 Å². The van der Waals surface area contributed by atoms with E-state index in [0.29, 0.717) is 16.9 Å². The van der Waals surface area contributed by atoms with Crippen molar-refractivity contribution in [1.82, 2.24) is 9.55 Å². The number of rotatable bonds is 2. The van der Waals surface area contributed by atoms with Gasteiger partial charge in [0.1, 0.15) is 17.5 Å². The van der Waals surface area contributed by atoms with E-state index >= 15 is 0 Å². The van der Waals surface area contributed by atoms with Crippen LogP contribution >= 0.6 is 11.6 Å². The second-order valence-electron chi connectivity index (χ2n) is 4.56. The summed E-state index contributed by atoms with van der Waals surface area (Å²) in [5, 5.41) is 0. The SMILES string of the molecule is Cc1cc2c(cc1F)nc(CCl)n2-c1ccc(F)cc1. The number of halogens is 3. The number of aromatic nitrogens is 2. The van der Waals surface area contributed by atoms with Crippen molar-refractivity contribution in [3.63, 3.8) is 0 Å².